The van der Waals surface area contributed by atoms with Crippen LogP contribution in [-0.4, -0.2) is 19.8 Å². The number of anilines is 2. The molecule has 0 aliphatic rings. The van der Waals surface area contributed by atoms with E-state index in [1.54, 1.807) is 18.2 Å². The normalized spacial score (nSPS) is 12.2. The number of benzene rings is 2. The Hall–Kier alpha value is -2.23. The minimum Gasteiger partial charge on any atom is -0.477 e. The lowest BCUT2D eigenvalue weighted by atomic mass is 10.1. The number of rotatable bonds is 5. The van der Waals surface area contributed by atoms with Crippen LogP contribution in [0.4, 0.5) is 10.7 Å². The molecule has 0 fully saturated rings. The quantitative estimate of drug-likeness (QED) is 0.328. The van der Waals surface area contributed by atoms with Gasteiger partial charge in [0.05, 0.1) is 5.69 Å². The van der Waals surface area contributed by atoms with E-state index >= 15 is 0 Å². The van der Waals surface area contributed by atoms with Crippen molar-refractivity contribution >= 4 is 72.3 Å². The second-order valence-corrected chi connectivity index (χ2v) is 9.54. The molecule has 2 N–H and O–H groups in total. The topological polar surface area (TPSA) is 77.8 Å². The molecule has 0 saturated carbocycles. The highest BCUT2D eigenvalue weighted by molar-refractivity contribution is 7.81. The molecule has 0 radical (unpaired) electrons. The van der Waals surface area contributed by atoms with Crippen molar-refractivity contribution in [3.8, 4) is 10.4 Å². The highest BCUT2D eigenvalue weighted by atomic mass is 35.5. The van der Waals surface area contributed by atoms with E-state index in [0.29, 0.717) is 14.9 Å². The third-order valence-corrected chi connectivity index (χ3v) is 7.86. The second kappa shape index (κ2) is 7.89. The number of carboxylic acid groups (broad SMARTS) is 1. The van der Waals surface area contributed by atoms with Crippen LogP contribution in [0.3, 0.4) is 0 Å². The number of thiophene rings is 2. The van der Waals surface area contributed by atoms with Crippen LogP contribution in [0, 0.1) is 6.92 Å². The van der Waals surface area contributed by atoms with Crippen LogP contribution in [0.5, 0.6) is 0 Å². The Kier molecular flexibility index (Phi) is 5.46. The van der Waals surface area contributed by atoms with Crippen molar-refractivity contribution in [2.45, 2.75) is 6.92 Å². The molecular formula is C20H14ClNO4S3. The monoisotopic (exact) mass is 463 g/mol. The lowest BCUT2D eigenvalue weighted by Gasteiger charge is -2.18. The lowest BCUT2D eigenvalue weighted by molar-refractivity contribution is 0.0703. The third-order valence-electron chi connectivity index (χ3n) is 4.40. The van der Waals surface area contributed by atoms with Crippen molar-refractivity contribution < 1.29 is 18.7 Å². The van der Waals surface area contributed by atoms with Gasteiger partial charge in [-0.15, -0.1) is 22.7 Å². The third kappa shape index (κ3) is 3.70. The standard InChI is InChI=1S/C20H14ClNO4S3/c1-11-14-9-13(21)7-8-16(14)28-19(11)22(29(25)26)15-10-17(27-18(15)20(23)24)12-5-3-2-4-6-12/h2-10H,1H3,(H,23,24)(H,25,26). The Morgan fingerprint density at radius 1 is 1.10 bits per heavy atom. The predicted octanol–water partition coefficient (Wildman–Crippen LogP) is 6.56. The van der Waals surface area contributed by atoms with Crippen molar-refractivity contribution in [2.75, 3.05) is 4.31 Å². The number of carboxylic acids is 1. The van der Waals surface area contributed by atoms with Gasteiger partial charge in [0, 0.05) is 14.6 Å². The number of halogens is 1. The zero-order chi connectivity index (χ0) is 20.7. The van der Waals surface area contributed by atoms with Crippen LogP contribution in [0.2, 0.25) is 5.02 Å². The van der Waals surface area contributed by atoms with Gasteiger partial charge in [-0.25, -0.2) is 13.3 Å². The molecule has 29 heavy (non-hydrogen) atoms. The molecule has 1 atom stereocenters. The van der Waals surface area contributed by atoms with Gasteiger partial charge in [0.15, 0.2) is 0 Å². The number of carbonyl (C=O) groups is 1. The summed E-state index contributed by atoms with van der Waals surface area (Å²) in [6, 6.07) is 16.4. The maximum absolute atomic E-state index is 12.3. The summed E-state index contributed by atoms with van der Waals surface area (Å²) in [5, 5.41) is 11.7. The van der Waals surface area contributed by atoms with Crippen LogP contribution in [0.25, 0.3) is 20.5 Å². The smallest absolute Gasteiger partial charge is 0.348 e. The SMILES string of the molecule is Cc1c(N(c2cc(-c3ccccc3)sc2C(=O)O)S(=O)O)sc2ccc(Cl)cc12. The molecule has 0 saturated heterocycles. The van der Waals surface area contributed by atoms with Gasteiger partial charge in [-0.2, -0.15) is 0 Å². The van der Waals surface area contributed by atoms with Crippen molar-refractivity contribution in [3.05, 3.63) is 70.1 Å². The summed E-state index contributed by atoms with van der Waals surface area (Å²) in [6.07, 6.45) is 0. The second-order valence-electron chi connectivity index (χ2n) is 6.19. The van der Waals surface area contributed by atoms with E-state index in [-0.39, 0.29) is 10.6 Å². The molecule has 5 nitrogen and oxygen atoms in total. The summed E-state index contributed by atoms with van der Waals surface area (Å²) < 4.78 is 24.5. The Bertz CT molecular complexity index is 1250. The Morgan fingerprint density at radius 2 is 1.83 bits per heavy atom. The largest absolute Gasteiger partial charge is 0.477 e. The summed E-state index contributed by atoms with van der Waals surface area (Å²) >= 11 is 6.03. The van der Waals surface area contributed by atoms with Crippen molar-refractivity contribution in [1.29, 1.82) is 0 Å². The predicted molar refractivity (Wildman–Crippen MR) is 121 cm³/mol. The first-order chi connectivity index (χ1) is 13.9. The number of hydrogen-bond donors (Lipinski definition) is 2. The first kappa shape index (κ1) is 20.1. The van der Waals surface area contributed by atoms with Gasteiger partial charge in [0.2, 0.25) is 0 Å². The molecule has 9 heteroatoms. The Labute approximate surface area is 182 Å². The van der Waals surface area contributed by atoms with Gasteiger partial charge < -0.3 is 5.11 Å². The minimum atomic E-state index is -2.46. The molecule has 0 aliphatic carbocycles. The van der Waals surface area contributed by atoms with Crippen LogP contribution in [-0.2, 0) is 11.3 Å². The van der Waals surface area contributed by atoms with Gasteiger partial charge in [0.25, 0.3) is 11.3 Å². The molecule has 1 unspecified atom stereocenters. The molecule has 0 amide bonds. The molecule has 0 bridgehead atoms. The molecule has 0 spiro atoms. The number of hydrogen-bond acceptors (Lipinski definition) is 4. The maximum atomic E-state index is 12.3. The molecule has 2 aromatic carbocycles. The van der Waals surface area contributed by atoms with Gasteiger partial charge in [-0.3, -0.25) is 4.55 Å². The summed E-state index contributed by atoms with van der Waals surface area (Å²) in [6.45, 7) is 1.83. The van der Waals surface area contributed by atoms with Crippen LogP contribution in [0.15, 0.2) is 54.6 Å². The summed E-state index contributed by atoms with van der Waals surface area (Å²) in [5.41, 5.74) is 1.79. The summed E-state index contributed by atoms with van der Waals surface area (Å²) in [5.74, 6) is -1.15. The molecule has 2 aromatic heterocycles. The van der Waals surface area contributed by atoms with Gasteiger partial charge in [0.1, 0.15) is 9.88 Å². The van der Waals surface area contributed by atoms with E-state index < -0.39 is 17.2 Å². The molecular weight excluding hydrogens is 450 g/mol. The van der Waals surface area contributed by atoms with E-state index in [1.807, 2.05) is 43.3 Å². The average Bonchev–Trinajstić information content (AvgIpc) is 3.26. The average molecular weight is 464 g/mol. The van der Waals surface area contributed by atoms with Gasteiger partial charge in [-0.1, -0.05) is 41.9 Å². The van der Waals surface area contributed by atoms with Crippen molar-refractivity contribution in [1.82, 2.24) is 0 Å². The summed E-state index contributed by atoms with van der Waals surface area (Å²) in [7, 11) is 0. The van der Waals surface area contributed by atoms with E-state index in [9.17, 15) is 18.7 Å². The first-order valence-corrected chi connectivity index (χ1v) is 11.5. The maximum Gasteiger partial charge on any atom is 0.348 e. The fourth-order valence-electron chi connectivity index (χ4n) is 3.07. The fourth-order valence-corrected chi connectivity index (χ4v) is 6.29. The first-order valence-electron chi connectivity index (χ1n) is 8.39. The zero-order valence-corrected chi connectivity index (χ0v) is 18.2. The lowest BCUT2D eigenvalue weighted by Crippen LogP contribution is -2.20. The zero-order valence-electron chi connectivity index (χ0n) is 15.0. The number of aryl methyl sites for hydroxylation is 1. The highest BCUT2D eigenvalue weighted by Gasteiger charge is 2.28. The highest BCUT2D eigenvalue weighted by Crippen LogP contribution is 2.46. The fraction of sp³-hybridized carbons (Fsp3) is 0.0500. The number of fused-ring (bicyclic) bond motifs is 1. The molecule has 0 aliphatic heterocycles. The number of nitrogens with zero attached hydrogens (tertiary/aromatic N) is 1. The number of aromatic carboxylic acids is 1. The Balaban J connectivity index is 1.93. The van der Waals surface area contributed by atoms with Crippen molar-refractivity contribution in [2.24, 2.45) is 0 Å². The van der Waals surface area contributed by atoms with E-state index in [0.717, 1.165) is 32.5 Å². The van der Waals surface area contributed by atoms with Gasteiger partial charge >= 0.3 is 5.97 Å². The Morgan fingerprint density at radius 3 is 2.48 bits per heavy atom. The molecule has 2 heterocycles. The summed E-state index contributed by atoms with van der Waals surface area (Å²) in [4.78, 5) is 12.6. The van der Waals surface area contributed by atoms with E-state index in [2.05, 4.69) is 0 Å². The van der Waals surface area contributed by atoms with E-state index in [1.165, 1.54) is 15.6 Å². The molecule has 148 valence electrons. The molecule has 4 aromatic rings. The van der Waals surface area contributed by atoms with Gasteiger partial charge in [-0.05, 0) is 47.7 Å². The van der Waals surface area contributed by atoms with Crippen LogP contribution in [0.1, 0.15) is 15.2 Å². The minimum absolute atomic E-state index is 0.00106. The van der Waals surface area contributed by atoms with E-state index in [4.69, 9.17) is 11.6 Å². The van der Waals surface area contributed by atoms with Crippen molar-refractivity contribution in [3.63, 3.8) is 0 Å². The van der Waals surface area contributed by atoms with Crippen LogP contribution < -0.4 is 4.31 Å². The van der Waals surface area contributed by atoms with Crippen LogP contribution >= 0.6 is 34.3 Å². The molecule has 4 rings (SSSR count).